The number of hydrogen-bond acceptors (Lipinski definition) is 3. The number of carbonyl (C=O) groups is 1. The lowest BCUT2D eigenvalue weighted by molar-refractivity contribution is -0.141. The normalized spacial score (nSPS) is 14.3. The van der Waals surface area contributed by atoms with Gasteiger partial charge in [0.2, 0.25) is 0 Å². The van der Waals surface area contributed by atoms with Gasteiger partial charge in [-0.3, -0.25) is 0 Å². The first-order chi connectivity index (χ1) is 8.46. The van der Waals surface area contributed by atoms with Crippen LogP contribution in [0.15, 0.2) is 37.1 Å². The van der Waals surface area contributed by atoms with Gasteiger partial charge in [0, 0.05) is 23.5 Å². The van der Waals surface area contributed by atoms with Gasteiger partial charge in [0.05, 0.1) is 0 Å². The van der Waals surface area contributed by atoms with Crippen molar-refractivity contribution < 1.29 is 15.0 Å². The second-order valence-electron chi connectivity index (χ2n) is 4.27. The Labute approximate surface area is 104 Å². The number of aromatic amines is 1. The van der Waals surface area contributed by atoms with E-state index < -0.39 is 11.5 Å². The summed E-state index contributed by atoms with van der Waals surface area (Å²) in [4.78, 5) is 14.1. The molecule has 1 aromatic heterocycles. The molecule has 0 aliphatic heterocycles. The smallest absolute Gasteiger partial charge is 0.328 e. The number of phenolic OH excluding ortho intramolecular Hbond substituents is 1. The number of benzene rings is 1. The highest BCUT2D eigenvalue weighted by molar-refractivity contribution is 5.87. The molecule has 1 aromatic carbocycles. The molecule has 1 unspecified atom stereocenters. The van der Waals surface area contributed by atoms with Crippen molar-refractivity contribution in [2.45, 2.75) is 12.0 Å². The van der Waals surface area contributed by atoms with Crippen molar-refractivity contribution in [1.29, 1.82) is 0 Å². The Kier molecular flexibility index (Phi) is 2.84. The molecule has 5 heteroatoms. The van der Waals surface area contributed by atoms with Crippen LogP contribution in [0, 0.1) is 0 Å². The van der Waals surface area contributed by atoms with Crippen LogP contribution in [-0.4, -0.2) is 26.7 Å². The second-order valence-corrected chi connectivity index (χ2v) is 4.27. The maximum atomic E-state index is 11.1. The lowest BCUT2D eigenvalue weighted by atomic mass is 9.92. The Morgan fingerprint density at radius 3 is 2.89 bits per heavy atom. The lowest BCUT2D eigenvalue weighted by Gasteiger charge is -2.19. The number of phenols is 1. The number of rotatable bonds is 4. The standard InChI is InChI=1S/C13H14N2O3/c1-2-13(14,12(17)18)6-8-7-15-11-4-3-9(16)5-10(8)11/h2-5,7,15-16H,1,6,14H2,(H,17,18). The minimum atomic E-state index is -1.51. The summed E-state index contributed by atoms with van der Waals surface area (Å²) in [6.07, 6.45) is 3.02. The molecule has 0 fully saturated rings. The fourth-order valence-corrected chi connectivity index (χ4v) is 1.86. The monoisotopic (exact) mass is 246 g/mol. The number of carboxylic acids is 1. The first-order valence-corrected chi connectivity index (χ1v) is 5.41. The van der Waals surface area contributed by atoms with Crippen molar-refractivity contribution in [3.05, 3.63) is 42.6 Å². The Balaban J connectivity index is 2.46. The van der Waals surface area contributed by atoms with E-state index >= 15 is 0 Å². The number of fused-ring (bicyclic) bond motifs is 1. The van der Waals surface area contributed by atoms with Gasteiger partial charge in [0.15, 0.2) is 0 Å². The van der Waals surface area contributed by atoms with Gasteiger partial charge in [-0.05, 0) is 23.8 Å². The molecule has 0 bridgehead atoms. The van der Waals surface area contributed by atoms with Crippen LogP contribution in [0.2, 0.25) is 0 Å². The summed E-state index contributed by atoms with van der Waals surface area (Å²) in [5.74, 6) is -1.01. The highest BCUT2D eigenvalue weighted by Gasteiger charge is 2.31. The second kappa shape index (κ2) is 4.19. The molecule has 2 rings (SSSR count). The first-order valence-electron chi connectivity index (χ1n) is 5.41. The Bertz CT molecular complexity index is 618. The van der Waals surface area contributed by atoms with Crippen molar-refractivity contribution in [2.75, 3.05) is 0 Å². The Morgan fingerprint density at radius 1 is 1.56 bits per heavy atom. The summed E-state index contributed by atoms with van der Waals surface area (Å²) in [6, 6.07) is 4.86. The van der Waals surface area contributed by atoms with Gasteiger partial charge in [0.1, 0.15) is 11.3 Å². The van der Waals surface area contributed by atoms with E-state index in [2.05, 4.69) is 11.6 Å². The van der Waals surface area contributed by atoms with Crippen LogP contribution >= 0.6 is 0 Å². The summed E-state index contributed by atoms with van der Waals surface area (Å²) < 4.78 is 0. The lowest BCUT2D eigenvalue weighted by Crippen LogP contribution is -2.47. The molecule has 0 amide bonds. The molecule has 5 nitrogen and oxygen atoms in total. The highest BCUT2D eigenvalue weighted by atomic mass is 16.4. The molecule has 5 N–H and O–H groups in total. The number of aromatic nitrogens is 1. The molecule has 0 aliphatic rings. The zero-order chi connectivity index (χ0) is 13.3. The van der Waals surface area contributed by atoms with E-state index in [1.54, 1.807) is 24.4 Å². The van der Waals surface area contributed by atoms with E-state index in [4.69, 9.17) is 10.8 Å². The molecule has 0 radical (unpaired) electrons. The number of carboxylic acid groups (broad SMARTS) is 1. The van der Waals surface area contributed by atoms with Gasteiger partial charge in [-0.1, -0.05) is 6.08 Å². The number of nitrogens with one attached hydrogen (secondary N) is 1. The Hall–Kier alpha value is -2.27. The topological polar surface area (TPSA) is 99.3 Å². The molecule has 0 saturated carbocycles. The van der Waals surface area contributed by atoms with Crippen molar-refractivity contribution in [2.24, 2.45) is 5.73 Å². The largest absolute Gasteiger partial charge is 0.508 e. The van der Waals surface area contributed by atoms with Crippen LogP contribution in [0.25, 0.3) is 10.9 Å². The van der Waals surface area contributed by atoms with Gasteiger partial charge in [-0.2, -0.15) is 0 Å². The van der Waals surface area contributed by atoms with Gasteiger partial charge < -0.3 is 20.9 Å². The third kappa shape index (κ3) is 1.96. The van der Waals surface area contributed by atoms with Crippen molar-refractivity contribution in [1.82, 2.24) is 4.98 Å². The molecule has 94 valence electrons. The summed E-state index contributed by atoms with van der Waals surface area (Å²) in [5, 5.41) is 19.3. The third-order valence-corrected chi connectivity index (χ3v) is 3.00. The number of aromatic hydroxyl groups is 1. The fourth-order valence-electron chi connectivity index (χ4n) is 1.86. The zero-order valence-corrected chi connectivity index (χ0v) is 9.68. The maximum Gasteiger partial charge on any atom is 0.328 e. The van der Waals surface area contributed by atoms with Crippen LogP contribution in [-0.2, 0) is 11.2 Å². The quantitative estimate of drug-likeness (QED) is 0.612. The number of hydrogen-bond donors (Lipinski definition) is 4. The van der Waals surface area contributed by atoms with Crippen LogP contribution in [0.4, 0.5) is 0 Å². The van der Waals surface area contributed by atoms with E-state index in [0.29, 0.717) is 0 Å². The van der Waals surface area contributed by atoms with E-state index in [0.717, 1.165) is 16.5 Å². The predicted octanol–water partition coefficient (Wildman–Crippen LogP) is 1.38. The zero-order valence-electron chi connectivity index (χ0n) is 9.68. The number of aliphatic carboxylic acids is 1. The molecule has 0 saturated heterocycles. The third-order valence-electron chi connectivity index (χ3n) is 3.00. The minimum Gasteiger partial charge on any atom is -0.508 e. The molecule has 0 aliphatic carbocycles. The van der Waals surface area contributed by atoms with E-state index in [1.807, 2.05) is 0 Å². The van der Waals surface area contributed by atoms with Crippen molar-refractivity contribution in [3.8, 4) is 5.75 Å². The predicted molar refractivity (Wildman–Crippen MR) is 68.4 cm³/mol. The molecule has 1 atom stereocenters. The molecule has 0 spiro atoms. The molecular weight excluding hydrogens is 232 g/mol. The van der Waals surface area contributed by atoms with E-state index in [-0.39, 0.29) is 12.2 Å². The average molecular weight is 246 g/mol. The van der Waals surface area contributed by atoms with Crippen molar-refractivity contribution in [3.63, 3.8) is 0 Å². The molecule has 2 aromatic rings. The average Bonchev–Trinajstić information content (AvgIpc) is 2.71. The highest BCUT2D eigenvalue weighted by Crippen LogP contribution is 2.25. The van der Waals surface area contributed by atoms with Crippen LogP contribution < -0.4 is 5.73 Å². The number of H-pyrrole nitrogens is 1. The minimum absolute atomic E-state index is 0.106. The van der Waals surface area contributed by atoms with Gasteiger partial charge in [0.25, 0.3) is 0 Å². The Morgan fingerprint density at radius 2 is 2.28 bits per heavy atom. The van der Waals surface area contributed by atoms with Crippen molar-refractivity contribution >= 4 is 16.9 Å². The summed E-state index contributed by atoms with van der Waals surface area (Å²) >= 11 is 0. The fraction of sp³-hybridized carbons (Fsp3) is 0.154. The van der Waals surface area contributed by atoms with Gasteiger partial charge >= 0.3 is 5.97 Å². The summed E-state index contributed by atoms with van der Waals surface area (Å²) in [6.45, 7) is 3.47. The molecule has 1 heterocycles. The van der Waals surface area contributed by atoms with Gasteiger partial charge in [-0.25, -0.2) is 4.79 Å². The van der Waals surface area contributed by atoms with Crippen LogP contribution in [0.1, 0.15) is 5.56 Å². The molecular formula is C13H14N2O3. The first kappa shape index (κ1) is 12.2. The van der Waals surface area contributed by atoms with E-state index in [1.165, 1.54) is 6.08 Å². The molecule has 18 heavy (non-hydrogen) atoms. The van der Waals surface area contributed by atoms with Gasteiger partial charge in [-0.15, -0.1) is 6.58 Å². The van der Waals surface area contributed by atoms with Crippen LogP contribution in [0.3, 0.4) is 0 Å². The summed E-state index contributed by atoms with van der Waals surface area (Å²) in [7, 11) is 0. The summed E-state index contributed by atoms with van der Waals surface area (Å²) in [5.41, 5.74) is 5.80. The van der Waals surface area contributed by atoms with Crippen LogP contribution in [0.5, 0.6) is 5.75 Å². The number of nitrogens with two attached hydrogens (primary N) is 1. The SMILES string of the molecule is C=CC(N)(Cc1c[nH]c2ccc(O)cc12)C(=O)O. The van der Waals surface area contributed by atoms with E-state index in [9.17, 15) is 9.90 Å². The maximum absolute atomic E-state index is 11.1.